The second kappa shape index (κ2) is 49.8. The predicted octanol–water partition coefficient (Wildman–Crippen LogP) is 15.3. The van der Waals surface area contributed by atoms with Crippen molar-refractivity contribution < 1.29 is 105 Å². The minimum Gasteiger partial charge on any atom is -0.465 e. The maximum Gasteiger partial charge on any atom is 0.366 e. The van der Waals surface area contributed by atoms with E-state index in [0.717, 1.165) is 51.4 Å². The van der Waals surface area contributed by atoms with Crippen LogP contribution in [0.2, 0.25) is 0 Å². The standard InChI is InChI=1S/C85H131NO22/c1-11-13-15-17-19-21-23-25-26-28-30-32-34-36-44-50-72(89)86-67-54-100-83-79(105-81(94)66-47-41-38-42-48-66)75(92)78(71(104-83)57-98-73(90)51-52-74(91)102-68(67)49-43-35-33-31-29-27-24-22-20-18-16-14-12-2)106-82-62(7)77(61(6)70(103-82)56-99-80(93)65-45-39-37-40-46-65)108-85(84(95)96-10)53-58(3)59(4)76(107-85)60(5)69(101-64(9)88)55-97-63(8)87/h37-43,45-49,58-62,67-71,75-79,82-83,92H,11-36,44,50-57H2,1-10H3,(H,86,89)/b49-43+/t58?,59-,60+,61-,62?,67-,68+,69+,70?,71-,75?,76+,77-,78+,79?,82-,83+,85-/m0/s1. The Morgan fingerprint density at radius 2 is 1.18 bits per heavy atom. The van der Waals surface area contributed by atoms with Crippen molar-refractivity contribution in [2.75, 3.05) is 33.5 Å². The summed E-state index contributed by atoms with van der Waals surface area (Å²) < 4.78 is 82.0. The molecule has 18 atom stereocenters. The summed E-state index contributed by atoms with van der Waals surface area (Å²) in [5.41, 5.74) is 0.362. The van der Waals surface area contributed by atoms with Gasteiger partial charge in [-0.2, -0.15) is 0 Å². The highest BCUT2D eigenvalue weighted by Crippen LogP contribution is 2.46. The molecular weight excluding hydrogens is 1390 g/mol. The van der Waals surface area contributed by atoms with Gasteiger partial charge in [-0.1, -0.05) is 245 Å². The summed E-state index contributed by atoms with van der Waals surface area (Å²) in [5.74, 6) is -10.8. The summed E-state index contributed by atoms with van der Waals surface area (Å²) in [4.78, 5) is 110. The van der Waals surface area contributed by atoms with Crippen molar-refractivity contribution in [2.24, 2.45) is 29.6 Å². The van der Waals surface area contributed by atoms with Crippen molar-refractivity contribution in [1.29, 1.82) is 0 Å². The zero-order valence-electron chi connectivity index (χ0n) is 66.5. The zero-order chi connectivity index (χ0) is 78.2. The van der Waals surface area contributed by atoms with E-state index in [0.29, 0.717) is 12.8 Å². The molecule has 5 unspecified atom stereocenters. The van der Waals surface area contributed by atoms with E-state index in [9.17, 15) is 43.5 Å². The number of cyclic esters (lactones) is 2. The van der Waals surface area contributed by atoms with E-state index in [1.807, 2.05) is 19.9 Å². The van der Waals surface area contributed by atoms with Crippen molar-refractivity contribution in [3.05, 3.63) is 83.9 Å². The molecule has 108 heavy (non-hydrogen) atoms. The Hall–Kier alpha value is -6.34. The molecule has 4 aliphatic heterocycles. The molecule has 2 aromatic rings. The van der Waals surface area contributed by atoms with Gasteiger partial charge in [-0.15, -0.1) is 0 Å². The largest absolute Gasteiger partial charge is 0.465 e. The number of hydrogen-bond donors (Lipinski definition) is 2. The molecule has 2 aromatic carbocycles. The number of hydrogen-bond acceptors (Lipinski definition) is 22. The molecule has 0 aliphatic carbocycles. The highest BCUT2D eigenvalue weighted by atomic mass is 16.8. The van der Waals surface area contributed by atoms with Gasteiger partial charge in [-0.25, -0.2) is 14.4 Å². The summed E-state index contributed by atoms with van der Waals surface area (Å²) >= 11 is 0. The summed E-state index contributed by atoms with van der Waals surface area (Å²) in [6, 6.07) is 15.3. The number of allylic oxidation sites excluding steroid dienone is 1. The van der Waals surface area contributed by atoms with Gasteiger partial charge in [0.05, 0.1) is 62.0 Å². The van der Waals surface area contributed by atoms with Gasteiger partial charge in [0, 0.05) is 44.4 Å². The molecular formula is C85H131NO22. The van der Waals surface area contributed by atoms with Gasteiger partial charge < -0.3 is 72.0 Å². The monoisotopic (exact) mass is 1520 g/mol. The number of methoxy groups -OCH3 is 1. The molecule has 2 N–H and O–H groups in total. The van der Waals surface area contributed by atoms with E-state index >= 15 is 0 Å². The molecule has 4 heterocycles. The van der Waals surface area contributed by atoms with Gasteiger partial charge >= 0.3 is 41.8 Å². The van der Waals surface area contributed by atoms with Crippen molar-refractivity contribution >= 4 is 47.7 Å². The van der Waals surface area contributed by atoms with Crippen molar-refractivity contribution in [1.82, 2.24) is 5.32 Å². The number of benzene rings is 2. The zero-order valence-corrected chi connectivity index (χ0v) is 66.5. The third-order valence-corrected chi connectivity index (χ3v) is 21.6. The normalized spacial score (nSPS) is 27.6. The number of carbonyl (C=O) groups excluding carboxylic acids is 8. The minimum absolute atomic E-state index is 0.0427. The molecule has 0 aromatic heterocycles. The number of amides is 1. The molecule has 0 saturated carbocycles. The van der Waals surface area contributed by atoms with Crippen LogP contribution in [0.1, 0.15) is 282 Å². The quantitative estimate of drug-likeness (QED) is 0.0269. The van der Waals surface area contributed by atoms with Gasteiger partial charge in [0.2, 0.25) is 5.91 Å². The van der Waals surface area contributed by atoms with Crippen LogP contribution in [0.5, 0.6) is 0 Å². The molecule has 4 fully saturated rings. The maximum absolute atomic E-state index is 14.7. The van der Waals surface area contributed by atoms with E-state index in [1.165, 1.54) is 142 Å². The van der Waals surface area contributed by atoms with E-state index < -0.39 is 172 Å². The van der Waals surface area contributed by atoms with Crippen molar-refractivity contribution in [3.63, 3.8) is 0 Å². The van der Waals surface area contributed by atoms with Crippen LogP contribution in [-0.4, -0.2) is 166 Å². The van der Waals surface area contributed by atoms with Crippen LogP contribution in [-0.2, 0) is 90.3 Å². The maximum atomic E-state index is 14.7. The van der Waals surface area contributed by atoms with Crippen molar-refractivity contribution in [2.45, 2.75) is 341 Å². The third kappa shape index (κ3) is 30.7. The van der Waals surface area contributed by atoms with Gasteiger partial charge in [-0.3, -0.25) is 24.0 Å². The fourth-order valence-electron chi connectivity index (χ4n) is 14.9. The lowest BCUT2D eigenvalue weighted by Gasteiger charge is -2.52. The second-order valence-electron chi connectivity index (χ2n) is 30.5. The fourth-order valence-corrected chi connectivity index (χ4v) is 14.9. The van der Waals surface area contributed by atoms with Gasteiger partial charge in [0.15, 0.2) is 18.7 Å². The Morgan fingerprint density at radius 1 is 0.630 bits per heavy atom. The molecule has 0 radical (unpaired) electrons. The molecule has 6 rings (SSSR count). The summed E-state index contributed by atoms with van der Waals surface area (Å²) in [6.45, 7) is 14.3. The third-order valence-electron chi connectivity index (χ3n) is 21.6. The molecule has 4 aliphatic rings. The molecule has 0 spiro atoms. The van der Waals surface area contributed by atoms with Crippen LogP contribution in [0, 0.1) is 29.6 Å². The summed E-state index contributed by atoms with van der Waals surface area (Å²) in [5, 5.41) is 16.2. The van der Waals surface area contributed by atoms with Crippen LogP contribution < -0.4 is 5.32 Å². The Balaban J connectivity index is 1.31. The lowest BCUT2D eigenvalue weighted by atomic mass is 9.76. The van der Waals surface area contributed by atoms with Crippen LogP contribution in [0.15, 0.2) is 72.8 Å². The first-order valence-electron chi connectivity index (χ1n) is 40.9. The highest BCUT2D eigenvalue weighted by Gasteiger charge is 2.59. The Morgan fingerprint density at radius 3 is 1.73 bits per heavy atom. The van der Waals surface area contributed by atoms with Crippen LogP contribution in [0.25, 0.3) is 0 Å². The number of fused-ring (bicyclic) bond motifs is 2. The molecule has 23 heteroatoms. The van der Waals surface area contributed by atoms with Gasteiger partial charge in [-0.05, 0) is 61.4 Å². The fraction of sp³-hybridized carbons (Fsp3) is 0.741. The van der Waals surface area contributed by atoms with E-state index in [2.05, 4.69) is 19.2 Å². The molecule has 2 bridgehead atoms. The predicted molar refractivity (Wildman–Crippen MR) is 405 cm³/mol. The first-order chi connectivity index (χ1) is 52.1. The lowest BCUT2D eigenvalue weighted by molar-refractivity contribution is -0.372. The number of nitrogens with one attached hydrogen (secondary N) is 1. The number of carbonyl (C=O) groups is 8. The van der Waals surface area contributed by atoms with E-state index in [4.69, 9.17) is 61.6 Å². The van der Waals surface area contributed by atoms with Gasteiger partial charge in [0.1, 0.15) is 50.3 Å². The number of unbranched alkanes of at least 4 members (excludes halogenated alkanes) is 25. The average molecular weight is 1520 g/mol. The Labute approximate surface area is 643 Å². The number of rotatable bonds is 45. The highest BCUT2D eigenvalue weighted by molar-refractivity contribution is 5.90. The van der Waals surface area contributed by atoms with Crippen LogP contribution in [0.3, 0.4) is 0 Å². The van der Waals surface area contributed by atoms with Crippen LogP contribution >= 0.6 is 0 Å². The molecule has 23 nitrogen and oxygen atoms in total. The summed E-state index contributed by atoms with van der Waals surface area (Å²) in [6.07, 6.45) is 18.9. The second-order valence-corrected chi connectivity index (χ2v) is 30.5. The molecule has 608 valence electrons. The SMILES string of the molecule is CCCCCCCCCCCCC/C=C/[C@H]1OC(=O)CCC(=O)OC[C@@H]2O[C@@H](OC[C@@H]1NC(=O)CCCCCCCCCCCCCCCCC)C(OC(=O)c1ccccc1)C(O)[C@@H]2O[C@@H]1OC(COC(=O)c2ccccc2)[C@H](C)[C@H](O[C@]2(C(=O)OC)CC(C)[C@H](C)[C@H]([C@H](C)[C@@H](COC(C)=O)OC(C)=O)O2)C1C. The van der Waals surface area contributed by atoms with E-state index in [-0.39, 0.29) is 48.3 Å². The first kappa shape index (κ1) is 90.5. The Bertz CT molecular complexity index is 2990. The molecule has 4 saturated heterocycles. The van der Waals surface area contributed by atoms with E-state index in [1.54, 1.807) is 75.4 Å². The van der Waals surface area contributed by atoms with Gasteiger partial charge in [0.25, 0.3) is 5.79 Å². The first-order valence-corrected chi connectivity index (χ1v) is 40.9. The number of aliphatic hydroxyl groups is 1. The Kier molecular flexibility index (Phi) is 41.8. The topological polar surface area (TPSA) is 289 Å². The van der Waals surface area contributed by atoms with Crippen LogP contribution in [0.4, 0.5) is 0 Å². The summed E-state index contributed by atoms with van der Waals surface area (Å²) in [7, 11) is 1.19. The number of esters is 7. The lowest BCUT2D eigenvalue weighted by Crippen LogP contribution is -2.65. The minimum atomic E-state index is -2.17. The smallest absolute Gasteiger partial charge is 0.366 e. The number of ether oxygens (including phenoxy) is 13. The number of aliphatic hydroxyl groups excluding tert-OH is 1. The van der Waals surface area contributed by atoms with Crippen molar-refractivity contribution in [3.8, 4) is 0 Å². The average Bonchev–Trinajstić information content (AvgIpc) is 0.758. The molecule has 1 amide bonds.